The first kappa shape index (κ1) is 21.7. The van der Waals surface area contributed by atoms with Crippen molar-refractivity contribution in [2.45, 2.75) is 6.04 Å². The zero-order valence-corrected chi connectivity index (χ0v) is 18.8. The van der Waals surface area contributed by atoms with Crippen LogP contribution in [0.2, 0.25) is 0 Å². The van der Waals surface area contributed by atoms with Crippen molar-refractivity contribution in [3.8, 4) is 17.2 Å². The van der Waals surface area contributed by atoms with Crippen LogP contribution in [0.15, 0.2) is 72.3 Å². The number of carbonyl (C=O) groups is 2. The highest BCUT2D eigenvalue weighted by Crippen LogP contribution is 2.44. The SMILES string of the molecule is C=CCOc1ccc(C2/C(=C(\O)c3ccc4c(c3)OCCO4)C(=O)C(=O)N2c2nccs2)cc1. The van der Waals surface area contributed by atoms with Gasteiger partial charge in [-0.05, 0) is 35.9 Å². The Bertz CT molecular complexity index is 1280. The molecule has 0 bridgehead atoms. The van der Waals surface area contributed by atoms with E-state index in [4.69, 9.17) is 14.2 Å². The van der Waals surface area contributed by atoms with Crippen LogP contribution in [-0.4, -0.2) is 41.6 Å². The average Bonchev–Trinajstić information content (AvgIpc) is 3.49. The summed E-state index contributed by atoms with van der Waals surface area (Å²) in [4.78, 5) is 31.8. The molecule has 2 aliphatic rings. The van der Waals surface area contributed by atoms with Crippen LogP contribution in [0.5, 0.6) is 17.2 Å². The van der Waals surface area contributed by atoms with E-state index in [9.17, 15) is 14.7 Å². The quantitative estimate of drug-likeness (QED) is 0.247. The number of nitrogens with zero attached hydrogens (tertiary/aromatic N) is 2. The van der Waals surface area contributed by atoms with E-state index in [1.54, 1.807) is 60.1 Å². The number of anilines is 1. The molecule has 0 saturated carbocycles. The highest BCUT2D eigenvalue weighted by molar-refractivity contribution is 7.14. The van der Waals surface area contributed by atoms with Crippen LogP contribution < -0.4 is 19.1 Å². The molecule has 5 rings (SSSR count). The Morgan fingerprint density at radius 2 is 1.94 bits per heavy atom. The van der Waals surface area contributed by atoms with E-state index in [0.29, 0.717) is 53.3 Å². The lowest BCUT2D eigenvalue weighted by Crippen LogP contribution is -2.29. The largest absolute Gasteiger partial charge is 0.507 e. The van der Waals surface area contributed by atoms with Crippen molar-refractivity contribution in [1.29, 1.82) is 0 Å². The molecule has 1 aromatic heterocycles. The summed E-state index contributed by atoms with van der Waals surface area (Å²) in [6, 6.07) is 11.0. The van der Waals surface area contributed by atoms with Gasteiger partial charge in [0.1, 0.15) is 31.3 Å². The standard InChI is InChI=1S/C25H20N2O6S/c1-2-10-31-17-6-3-15(4-7-17)21-20(23(29)24(30)27(21)25-26-9-13-34-25)22(28)16-5-8-18-19(14-16)33-12-11-32-18/h2-9,13-14,21,28H,1,10-12H2/b22-20+. The molecule has 1 fully saturated rings. The first-order valence-corrected chi connectivity index (χ1v) is 11.4. The van der Waals surface area contributed by atoms with Crippen LogP contribution >= 0.6 is 11.3 Å². The number of thiazole rings is 1. The molecule has 0 radical (unpaired) electrons. The number of rotatable bonds is 6. The van der Waals surface area contributed by atoms with Gasteiger partial charge in [0.15, 0.2) is 16.6 Å². The Kier molecular flexibility index (Phi) is 5.77. The molecule has 1 atom stereocenters. The molecule has 1 amide bonds. The summed E-state index contributed by atoms with van der Waals surface area (Å²) in [6.45, 7) is 4.80. The Hall–Kier alpha value is -4.11. The fraction of sp³-hybridized carbons (Fsp3) is 0.160. The summed E-state index contributed by atoms with van der Waals surface area (Å²) in [5, 5.41) is 13.3. The first-order valence-electron chi connectivity index (χ1n) is 10.5. The van der Waals surface area contributed by atoms with E-state index in [1.807, 2.05) is 0 Å². The van der Waals surface area contributed by atoms with Gasteiger partial charge in [-0.15, -0.1) is 11.3 Å². The number of aliphatic hydroxyl groups excluding tert-OH is 1. The van der Waals surface area contributed by atoms with Gasteiger partial charge >= 0.3 is 5.91 Å². The van der Waals surface area contributed by atoms with E-state index in [1.165, 1.54) is 16.2 Å². The van der Waals surface area contributed by atoms with Gasteiger partial charge < -0.3 is 19.3 Å². The number of benzene rings is 2. The number of aromatic nitrogens is 1. The van der Waals surface area contributed by atoms with Crippen LogP contribution in [0.4, 0.5) is 5.13 Å². The lowest BCUT2D eigenvalue weighted by Gasteiger charge is -2.23. The molecule has 1 unspecified atom stereocenters. The van der Waals surface area contributed by atoms with Gasteiger partial charge in [-0.25, -0.2) is 4.98 Å². The molecule has 1 saturated heterocycles. The zero-order valence-electron chi connectivity index (χ0n) is 18.0. The summed E-state index contributed by atoms with van der Waals surface area (Å²) in [7, 11) is 0. The third-order valence-electron chi connectivity index (χ3n) is 5.45. The highest BCUT2D eigenvalue weighted by atomic mass is 32.1. The van der Waals surface area contributed by atoms with Gasteiger partial charge in [0.25, 0.3) is 5.78 Å². The van der Waals surface area contributed by atoms with Crippen LogP contribution in [0.3, 0.4) is 0 Å². The second-order valence-electron chi connectivity index (χ2n) is 7.51. The minimum Gasteiger partial charge on any atom is -0.507 e. The minimum atomic E-state index is -0.868. The monoisotopic (exact) mass is 476 g/mol. The summed E-state index contributed by atoms with van der Waals surface area (Å²) in [5.74, 6) is -0.221. The third-order valence-corrected chi connectivity index (χ3v) is 6.22. The van der Waals surface area contributed by atoms with Crippen LogP contribution in [0, 0.1) is 0 Å². The van der Waals surface area contributed by atoms with E-state index in [2.05, 4.69) is 11.6 Å². The van der Waals surface area contributed by atoms with Crippen LogP contribution in [-0.2, 0) is 9.59 Å². The van der Waals surface area contributed by atoms with Crippen molar-refractivity contribution in [3.05, 3.63) is 83.4 Å². The van der Waals surface area contributed by atoms with Crippen molar-refractivity contribution in [2.75, 3.05) is 24.7 Å². The maximum atomic E-state index is 13.2. The van der Waals surface area contributed by atoms with Gasteiger partial charge in [0, 0.05) is 17.1 Å². The Morgan fingerprint density at radius 3 is 2.65 bits per heavy atom. The van der Waals surface area contributed by atoms with Crippen molar-refractivity contribution in [2.24, 2.45) is 0 Å². The maximum Gasteiger partial charge on any atom is 0.301 e. The number of fused-ring (bicyclic) bond motifs is 1. The second kappa shape index (κ2) is 9.03. The van der Waals surface area contributed by atoms with Crippen molar-refractivity contribution >= 4 is 33.9 Å². The molecule has 3 heterocycles. The molecule has 172 valence electrons. The zero-order chi connectivity index (χ0) is 23.7. The molecule has 34 heavy (non-hydrogen) atoms. The van der Waals surface area contributed by atoms with Crippen molar-refractivity contribution in [3.63, 3.8) is 0 Å². The number of carbonyl (C=O) groups excluding carboxylic acids is 2. The fourth-order valence-electron chi connectivity index (χ4n) is 3.93. The molecule has 0 spiro atoms. The first-order chi connectivity index (χ1) is 16.6. The molecular formula is C25H20N2O6S. The van der Waals surface area contributed by atoms with Gasteiger partial charge in [-0.3, -0.25) is 14.5 Å². The molecule has 8 nitrogen and oxygen atoms in total. The topological polar surface area (TPSA) is 98.2 Å². The van der Waals surface area contributed by atoms with Gasteiger partial charge in [0.2, 0.25) is 0 Å². The number of Topliss-reactive ketones (excluding diaryl/α,β-unsaturated/α-hetero) is 1. The smallest absolute Gasteiger partial charge is 0.301 e. The molecule has 9 heteroatoms. The number of ketones is 1. The lowest BCUT2D eigenvalue weighted by molar-refractivity contribution is -0.132. The molecule has 3 aromatic rings. The van der Waals surface area contributed by atoms with E-state index >= 15 is 0 Å². The predicted octanol–water partition coefficient (Wildman–Crippen LogP) is 4.11. The summed E-state index contributed by atoms with van der Waals surface area (Å²) in [6.07, 6.45) is 3.20. The normalized spacial score (nSPS) is 18.7. The fourth-order valence-corrected chi connectivity index (χ4v) is 4.59. The highest BCUT2D eigenvalue weighted by Gasteiger charge is 2.48. The molecule has 1 N–H and O–H groups in total. The third kappa shape index (κ3) is 3.80. The number of hydrogen-bond donors (Lipinski definition) is 1. The maximum absolute atomic E-state index is 13.2. The molecular weight excluding hydrogens is 456 g/mol. The Morgan fingerprint density at radius 1 is 1.18 bits per heavy atom. The van der Waals surface area contributed by atoms with Gasteiger partial charge in [-0.2, -0.15) is 0 Å². The predicted molar refractivity (Wildman–Crippen MR) is 126 cm³/mol. The molecule has 2 aromatic carbocycles. The van der Waals surface area contributed by atoms with Gasteiger partial charge in [0.05, 0.1) is 11.6 Å². The van der Waals surface area contributed by atoms with Crippen LogP contribution in [0.1, 0.15) is 17.2 Å². The average molecular weight is 477 g/mol. The minimum absolute atomic E-state index is 0.0309. The van der Waals surface area contributed by atoms with Crippen molar-refractivity contribution < 1.29 is 28.9 Å². The van der Waals surface area contributed by atoms with E-state index in [0.717, 1.165) is 0 Å². The van der Waals surface area contributed by atoms with Crippen LogP contribution in [0.25, 0.3) is 5.76 Å². The Labute approximate surface area is 199 Å². The number of ether oxygens (including phenoxy) is 3. The number of hydrogen-bond acceptors (Lipinski definition) is 8. The second-order valence-corrected chi connectivity index (χ2v) is 8.38. The summed E-state index contributed by atoms with van der Waals surface area (Å²) >= 11 is 1.23. The summed E-state index contributed by atoms with van der Waals surface area (Å²) in [5.41, 5.74) is 0.938. The Balaban J connectivity index is 1.62. The molecule has 2 aliphatic heterocycles. The van der Waals surface area contributed by atoms with Crippen molar-refractivity contribution in [1.82, 2.24) is 4.98 Å². The van der Waals surface area contributed by atoms with E-state index in [-0.39, 0.29) is 11.3 Å². The summed E-state index contributed by atoms with van der Waals surface area (Å²) < 4.78 is 16.7. The van der Waals surface area contributed by atoms with E-state index < -0.39 is 17.7 Å². The lowest BCUT2D eigenvalue weighted by atomic mass is 9.95. The number of aliphatic hydroxyl groups is 1. The number of amides is 1. The molecule has 0 aliphatic carbocycles. The van der Waals surface area contributed by atoms with Gasteiger partial charge in [-0.1, -0.05) is 24.8 Å².